The monoisotopic (exact) mass is 339 g/mol. The molecule has 5 heteroatoms. The Labute approximate surface area is 145 Å². The minimum Gasteiger partial charge on any atom is -0.358 e. The number of piperidine rings is 1. The molecule has 0 atom stereocenters. The molecule has 0 aliphatic carbocycles. The van der Waals surface area contributed by atoms with Gasteiger partial charge in [-0.2, -0.15) is 0 Å². The number of rotatable bonds is 2. The standard InChI is InChI=1S/C19H18ClN3O/c20-16-3-4-17-15(10-16)11-18(22-17)13-5-8-23(9-6-13)19(24)14-2-1-7-21-12-14/h1-4,7,10-13,22H,5-6,8-9H2. The van der Waals surface area contributed by atoms with Gasteiger partial charge in [-0.25, -0.2) is 0 Å². The highest BCUT2D eigenvalue weighted by atomic mass is 35.5. The molecule has 4 rings (SSSR count). The smallest absolute Gasteiger partial charge is 0.255 e. The minimum atomic E-state index is 0.0741. The van der Waals surface area contributed by atoms with Gasteiger partial charge in [-0.1, -0.05) is 11.6 Å². The predicted octanol–water partition coefficient (Wildman–Crippen LogP) is 4.24. The maximum Gasteiger partial charge on any atom is 0.255 e. The predicted molar refractivity (Wildman–Crippen MR) is 95.4 cm³/mol. The SMILES string of the molecule is O=C(c1cccnc1)N1CCC(c2cc3cc(Cl)ccc3[nH]2)CC1. The average molecular weight is 340 g/mol. The lowest BCUT2D eigenvalue weighted by atomic mass is 9.93. The van der Waals surface area contributed by atoms with Gasteiger partial charge in [0.1, 0.15) is 0 Å². The molecule has 1 amide bonds. The van der Waals surface area contributed by atoms with Gasteiger partial charge < -0.3 is 9.88 Å². The Kier molecular flexibility index (Phi) is 3.98. The van der Waals surface area contributed by atoms with Crippen molar-refractivity contribution in [2.45, 2.75) is 18.8 Å². The highest BCUT2D eigenvalue weighted by molar-refractivity contribution is 6.31. The summed E-state index contributed by atoms with van der Waals surface area (Å²) in [5.41, 5.74) is 3.01. The highest BCUT2D eigenvalue weighted by Gasteiger charge is 2.25. The first kappa shape index (κ1) is 15.2. The van der Waals surface area contributed by atoms with Gasteiger partial charge >= 0.3 is 0 Å². The fourth-order valence-electron chi connectivity index (χ4n) is 3.41. The number of pyridine rings is 1. The summed E-state index contributed by atoms with van der Waals surface area (Å²) in [7, 11) is 0. The molecule has 3 aromatic rings. The van der Waals surface area contributed by atoms with Crippen molar-refractivity contribution in [3.63, 3.8) is 0 Å². The van der Waals surface area contributed by atoms with Crippen LogP contribution in [0.5, 0.6) is 0 Å². The summed E-state index contributed by atoms with van der Waals surface area (Å²) in [6, 6.07) is 11.7. The average Bonchev–Trinajstić information content (AvgIpc) is 3.05. The van der Waals surface area contributed by atoms with Crippen molar-refractivity contribution in [3.05, 3.63) is 65.1 Å². The second kappa shape index (κ2) is 6.29. The molecule has 1 aliphatic heterocycles. The van der Waals surface area contributed by atoms with E-state index in [2.05, 4.69) is 16.0 Å². The molecule has 0 radical (unpaired) electrons. The number of nitrogens with one attached hydrogen (secondary N) is 1. The summed E-state index contributed by atoms with van der Waals surface area (Å²) >= 11 is 6.06. The Bertz CT molecular complexity index is 867. The van der Waals surface area contributed by atoms with E-state index in [9.17, 15) is 4.79 Å². The van der Waals surface area contributed by atoms with Crippen molar-refractivity contribution < 1.29 is 4.79 Å². The molecule has 0 bridgehead atoms. The number of nitrogens with zero attached hydrogens (tertiary/aromatic N) is 2. The summed E-state index contributed by atoms with van der Waals surface area (Å²) < 4.78 is 0. The third-order valence-corrected chi connectivity index (χ3v) is 4.97. The van der Waals surface area contributed by atoms with E-state index >= 15 is 0 Å². The van der Waals surface area contributed by atoms with Gasteiger partial charge in [-0.15, -0.1) is 0 Å². The maximum atomic E-state index is 12.5. The second-order valence-electron chi connectivity index (χ2n) is 6.26. The molecule has 1 fully saturated rings. The quantitative estimate of drug-likeness (QED) is 0.759. The van der Waals surface area contributed by atoms with Crippen LogP contribution in [-0.2, 0) is 0 Å². The zero-order valence-electron chi connectivity index (χ0n) is 13.2. The van der Waals surface area contributed by atoms with E-state index in [-0.39, 0.29) is 5.91 Å². The van der Waals surface area contributed by atoms with Crippen molar-refractivity contribution >= 4 is 28.4 Å². The molecule has 0 spiro atoms. The molecule has 4 nitrogen and oxygen atoms in total. The summed E-state index contributed by atoms with van der Waals surface area (Å²) in [5.74, 6) is 0.527. The lowest BCUT2D eigenvalue weighted by Gasteiger charge is -2.31. The molecule has 1 saturated heterocycles. The van der Waals surface area contributed by atoms with E-state index in [1.165, 1.54) is 5.69 Å². The van der Waals surface area contributed by atoms with Gasteiger partial charge in [-0.05, 0) is 49.2 Å². The lowest BCUT2D eigenvalue weighted by molar-refractivity contribution is 0.0712. The van der Waals surface area contributed by atoms with E-state index in [1.54, 1.807) is 18.5 Å². The first-order valence-corrected chi connectivity index (χ1v) is 8.56. The highest BCUT2D eigenvalue weighted by Crippen LogP contribution is 2.31. The summed E-state index contributed by atoms with van der Waals surface area (Å²) in [6.45, 7) is 1.54. The lowest BCUT2D eigenvalue weighted by Crippen LogP contribution is -2.38. The van der Waals surface area contributed by atoms with E-state index in [0.717, 1.165) is 41.9 Å². The number of benzene rings is 1. The number of likely N-dealkylation sites (tertiary alicyclic amines) is 1. The van der Waals surface area contributed by atoms with E-state index < -0.39 is 0 Å². The zero-order valence-corrected chi connectivity index (χ0v) is 14.0. The molecular weight excluding hydrogens is 322 g/mol. The summed E-state index contributed by atoms with van der Waals surface area (Å²) in [4.78, 5) is 21.9. The van der Waals surface area contributed by atoms with Crippen molar-refractivity contribution in [2.24, 2.45) is 0 Å². The van der Waals surface area contributed by atoms with E-state index in [1.807, 2.05) is 29.2 Å². The summed E-state index contributed by atoms with van der Waals surface area (Å²) in [6.07, 6.45) is 5.25. The number of carbonyl (C=O) groups is 1. The van der Waals surface area contributed by atoms with Crippen LogP contribution in [0.4, 0.5) is 0 Å². The van der Waals surface area contributed by atoms with Crippen LogP contribution in [0.15, 0.2) is 48.8 Å². The largest absolute Gasteiger partial charge is 0.358 e. The van der Waals surface area contributed by atoms with Crippen LogP contribution in [0.2, 0.25) is 5.02 Å². The number of hydrogen-bond donors (Lipinski definition) is 1. The number of H-pyrrole nitrogens is 1. The van der Waals surface area contributed by atoms with Crippen molar-refractivity contribution in [1.82, 2.24) is 14.9 Å². The topological polar surface area (TPSA) is 49.0 Å². The first-order valence-electron chi connectivity index (χ1n) is 8.18. The molecule has 0 saturated carbocycles. The van der Waals surface area contributed by atoms with E-state index in [4.69, 9.17) is 11.6 Å². The van der Waals surface area contributed by atoms with E-state index in [0.29, 0.717) is 11.5 Å². The molecule has 1 aliphatic rings. The van der Waals surface area contributed by atoms with Crippen molar-refractivity contribution in [1.29, 1.82) is 0 Å². The number of hydrogen-bond acceptors (Lipinski definition) is 2. The number of aromatic amines is 1. The molecular formula is C19H18ClN3O. The Morgan fingerprint density at radius 2 is 2.04 bits per heavy atom. The van der Waals surface area contributed by atoms with Crippen molar-refractivity contribution in [3.8, 4) is 0 Å². The Hall–Kier alpha value is -2.33. The van der Waals surface area contributed by atoms with Gasteiger partial charge in [0.2, 0.25) is 0 Å². The minimum absolute atomic E-state index is 0.0741. The second-order valence-corrected chi connectivity index (χ2v) is 6.70. The molecule has 3 heterocycles. The van der Waals surface area contributed by atoms with Crippen molar-refractivity contribution in [2.75, 3.05) is 13.1 Å². The Morgan fingerprint density at radius 1 is 1.21 bits per heavy atom. The van der Waals surface area contributed by atoms with Crippen LogP contribution in [-0.4, -0.2) is 33.9 Å². The third-order valence-electron chi connectivity index (χ3n) is 4.73. The molecule has 122 valence electrons. The molecule has 2 aromatic heterocycles. The fourth-order valence-corrected chi connectivity index (χ4v) is 3.59. The molecule has 0 unspecified atom stereocenters. The number of aromatic nitrogens is 2. The maximum absolute atomic E-state index is 12.5. The first-order chi connectivity index (χ1) is 11.7. The van der Waals surface area contributed by atoms with Gasteiger partial charge in [0.25, 0.3) is 5.91 Å². The number of amides is 1. The van der Waals surface area contributed by atoms with Crippen LogP contribution in [0.25, 0.3) is 10.9 Å². The normalized spacial score (nSPS) is 15.8. The molecule has 24 heavy (non-hydrogen) atoms. The van der Waals surface area contributed by atoms with Crippen LogP contribution in [0.3, 0.4) is 0 Å². The van der Waals surface area contributed by atoms with Gasteiger partial charge in [0.15, 0.2) is 0 Å². The Morgan fingerprint density at radius 3 is 2.79 bits per heavy atom. The zero-order chi connectivity index (χ0) is 16.5. The Balaban J connectivity index is 1.46. The molecule has 1 aromatic carbocycles. The van der Waals surface area contributed by atoms with Crippen LogP contribution in [0.1, 0.15) is 34.8 Å². The van der Waals surface area contributed by atoms with Crippen LogP contribution >= 0.6 is 11.6 Å². The molecule has 1 N–H and O–H groups in total. The van der Waals surface area contributed by atoms with Gasteiger partial charge in [-0.3, -0.25) is 9.78 Å². The van der Waals surface area contributed by atoms with Crippen LogP contribution < -0.4 is 0 Å². The summed E-state index contributed by atoms with van der Waals surface area (Å²) in [5, 5.41) is 1.90. The number of fused-ring (bicyclic) bond motifs is 1. The fraction of sp³-hybridized carbons (Fsp3) is 0.263. The third kappa shape index (κ3) is 2.89. The van der Waals surface area contributed by atoms with Gasteiger partial charge in [0, 0.05) is 53.0 Å². The van der Waals surface area contributed by atoms with Gasteiger partial charge in [0.05, 0.1) is 5.56 Å². The van der Waals surface area contributed by atoms with Crippen LogP contribution in [0, 0.1) is 0 Å². The number of halogens is 1. The number of carbonyl (C=O) groups excluding carboxylic acids is 1.